The van der Waals surface area contributed by atoms with Gasteiger partial charge >= 0.3 is 0 Å². The fraction of sp³-hybridized carbons (Fsp3) is 0.462. The molecule has 1 aromatic rings. The van der Waals surface area contributed by atoms with E-state index in [0.717, 1.165) is 0 Å². The smallest absolute Gasteiger partial charge is 0.243 e. The summed E-state index contributed by atoms with van der Waals surface area (Å²) in [4.78, 5) is 11.2. The number of sulfonamides is 1. The molecular weight excluding hydrogens is 278 g/mol. The Balaban J connectivity index is 2.08. The van der Waals surface area contributed by atoms with Crippen LogP contribution in [0.1, 0.15) is 19.8 Å². The fourth-order valence-corrected chi connectivity index (χ4v) is 3.88. The van der Waals surface area contributed by atoms with Crippen LogP contribution >= 0.6 is 0 Å². The predicted molar refractivity (Wildman–Crippen MR) is 76.5 cm³/mol. The van der Waals surface area contributed by atoms with Crippen LogP contribution in [0.25, 0.3) is 0 Å². The third-order valence-corrected chi connectivity index (χ3v) is 5.25. The van der Waals surface area contributed by atoms with Crippen LogP contribution in [0.15, 0.2) is 29.2 Å². The van der Waals surface area contributed by atoms with Gasteiger partial charge in [0.05, 0.1) is 4.90 Å². The van der Waals surface area contributed by atoms with Crippen LogP contribution in [0.4, 0.5) is 5.69 Å². The van der Waals surface area contributed by atoms with Crippen molar-refractivity contribution in [2.75, 3.05) is 18.8 Å². The number of carbonyl (C=O) groups excluding carboxylic acids is 1. The Morgan fingerprint density at radius 2 is 2.00 bits per heavy atom. The molecular formula is C13H19N3O3S. The highest BCUT2D eigenvalue weighted by atomic mass is 32.2. The van der Waals surface area contributed by atoms with Crippen LogP contribution in [0.2, 0.25) is 0 Å². The Morgan fingerprint density at radius 3 is 2.55 bits per heavy atom. The summed E-state index contributed by atoms with van der Waals surface area (Å²) in [7, 11) is -3.50. The third-order valence-electron chi connectivity index (χ3n) is 3.36. The average Bonchev–Trinajstić information content (AvgIpc) is 2.38. The zero-order chi connectivity index (χ0) is 14.8. The molecule has 0 atom stereocenters. The van der Waals surface area contributed by atoms with Crippen molar-refractivity contribution in [3.8, 4) is 0 Å². The van der Waals surface area contributed by atoms with Crippen LogP contribution in [-0.4, -0.2) is 37.8 Å². The van der Waals surface area contributed by atoms with Gasteiger partial charge in [-0.05, 0) is 31.0 Å². The lowest BCUT2D eigenvalue weighted by Gasteiger charge is -2.31. The van der Waals surface area contributed by atoms with Crippen molar-refractivity contribution in [3.05, 3.63) is 24.3 Å². The van der Waals surface area contributed by atoms with Crippen LogP contribution in [0.3, 0.4) is 0 Å². The molecule has 1 heterocycles. The number of benzene rings is 1. The number of nitrogens with zero attached hydrogens (tertiary/aromatic N) is 1. The van der Waals surface area contributed by atoms with Crippen molar-refractivity contribution >= 4 is 21.6 Å². The maximum Gasteiger partial charge on any atom is 0.243 e. The molecule has 6 nitrogen and oxygen atoms in total. The number of anilines is 1. The van der Waals surface area contributed by atoms with Crippen LogP contribution in [0.5, 0.6) is 0 Å². The second-order valence-corrected chi connectivity index (χ2v) is 6.89. The molecule has 1 aromatic carbocycles. The lowest BCUT2D eigenvalue weighted by Crippen LogP contribution is -2.46. The average molecular weight is 297 g/mol. The van der Waals surface area contributed by atoms with Gasteiger partial charge in [-0.2, -0.15) is 4.31 Å². The molecule has 1 fully saturated rings. The summed E-state index contributed by atoms with van der Waals surface area (Å²) >= 11 is 0. The standard InChI is InChI=1S/C13H19N3O3S/c1-10(17)15-12-5-7-16(8-6-12)20(18,19)13-4-2-3-11(14)9-13/h2-4,9,12H,5-8,14H2,1H3,(H,15,17). The monoisotopic (exact) mass is 297 g/mol. The quantitative estimate of drug-likeness (QED) is 0.797. The Hall–Kier alpha value is -1.60. The van der Waals surface area contributed by atoms with Crippen molar-refractivity contribution in [3.63, 3.8) is 0 Å². The van der Waals surface area contributed by atoms with Gasteiger partial charge in [-0.1, -0.05) is 6.07 Å². The summed E-state index contributed by atoms with van der Waals surface area (Å²) < 4.78 is 26.3. The van der Waals surface area contributed by atoms with E-state index in [-0.39, 0.29) is 16.8 Å². The Bertz CT molecular complexity index is 593. The molecule has 110 valence electrons. The molecule has 1 aliphatic rings. The summed E-state index contributed by atoms with van der Waals surface area (Å²) in [5, 5.41) is 2.82. The molecule has 0 saturated carbocycles. The molecule has 0 aliphatic carbocycles. The number of nitrogen functional groups attached to an aromatic ring is 1. The second-order valence-electron chi connectivity index (χ2n) is 4.95. The topological polar surface area (TPSA) is 92.5 Å². The number of carbonyl (C=O) groups is 1. The fourth-order valence-electron chi connectivity index (χ4n) is 2.35. The van der Waals surface area contributed by atoms with Crippen molar-refractivity contribution in [1.82, 2.24) is 9.62 Å². The van der Waals surface area contributed by atoms with Gasteiger partial charge in [-0.15, -0.1) is 0 Å². The van der Waals surface area contributed by atoms with Gasteiger partial charge in [0.25, 0.3) is 0 Å². The van der Waals surface area contributed by atoms with E-state index in [4.69, 9.17) is 5.73 Å². The molecule has 1 saturated heterocycles. The van der Waals surface area contributed by atoms with Gasteiger partial charge in [0.1, 0.15) is 0 Å². The van der Waals surface area contributed by atoms with Crippen molar-refractivity contribution in [1.29, 1.82) is 0 Å². The number of rotatable bonds is 3. The van der Waals surface area contributed by atoms with Crippen LogP contribution in [-0.2, 0) is 14.8 Å². The molecule has 0 bridgehead atoms. The summed E-state index contributed by atoms with van der Waals surface area (Å²) in [5.74, 6) is -0.0814. The number of hydrogen-bond acceptors (Lipinski definition) is 4. The van der Waals surface area contributed by atoms with E-state index in [0.29, 0.717) is 31.6 Å². The lowest BCUT2D eigenvalue weighted by molar-refractivity contribution is -0.119. The van der Waals surface area contributed by atoms with Gasteiger partial charge < -0.3 is 11.1 Å². The largest absolute Gasteiger partial charge is 0.399 e. The van der Waals surface area contributed by atoms with E-state index in [1.165, 1.54) is 17.3 Å². The van der Waals surface area contributed by atoms with E-state index >= 15 is 0 Å². The lowest BCUT2D eigenvalue weighted by atomic mass is 10.1. The van der Waals surface area contributed by atoms with Gasteiger partial charge in [0.15, 0.2) is 0 Å². The highest BCUT2D eigenvalue weighted by Crippen LogP contribution is 2.22. The molecule has 0 spiro atoms. The maximum absolute atomic E-state index is 12.5. The van der Waals surface area contributed by atoms with E-state index in [1.54, 1.807) is 18.2 Å². The predicted octanol–water partition coefficient (Wildman–Crippen LogP) is 0.558. The number of nitrogens with one attached hydrogen (secondary N) is 1. The zero-order valence-electron chi connectivity index (χ0n) is 11.4. The van der Waals surface area contributed by atoms with E-state index in [1.807, 2.05) is 0 Å². The molecule has 1 amide bonds. The summed E-state index contributed by atoms with van der Waals surface area (Å²) in [6.07, 6.45) is 1.25. The SMILES string of the molecule is CC(=O)NC1CCN(S(=O)(=O)c2cccc(N)c2)CC1. The van der Waals surface area contributed by atoms with Crippen molar-refractivity contribution in [2.45, 2.75) is 30.7 Å². The molecule has 20 heavy (non-hydrogen) atoms. The molecule has 0 radical (unpaired) electrons. The minimum Gasteiger partial charge on any atom is -0.399 e. The molecule has 3 N–H and O–H groups in total. The summed E-state index contributed by atoms with van der Waals surface area (Å²) in [6, 6.07) is 6.36. The Kier molecular flexibility index (Phi) is 4.29. The first-order valence-electron chi connectivity index (χ1n) is 6.52. The number of nitrogens with two attached hydrogens (primary N) is 1. The van der Waals surface area contributed by atoms with Gasteiger partial charge in [-0.25, -0.2) is 8.42 Å². The van der Waals surface area contributed by atoms with Crippen LogP contribution < -0.4 is 11.1 Å². The first-order valence-corrected chi connectivity index (χ1v) is 7.96. The summed E-state index contributed by atoms with van der Waals surface area (Å²) in [5.41, 5.74) is 6.06. The number of hydrogen-bond donors (Lipinski definition) is 2. The first kappa shape index (κ1) is 14.8. The maximum atomic E-state index is 12.5. The van der Waals surface area contributed by atoms with Gasteiger partial charge in [-0.3, -0.25) is 4.79 Å². The highest BCUT2D eigenvalue weighted by Gasteiger charge is 2.29. The normalized spacial score (nSPS) is 17.9. The number of amides is 1. The molecule has 0 aromatic heterocycles. The Labute approximate surface area is 119 Å². The van der Waals surface area contributed by atoms with E-state index in [9.17, 15) is 13.2 Å². The van der Waals surface area contributed by atoms with E-state index in [2.05, 4.69) is 5.32 Å². The van der Waals surface area contributed by atoms with Crippen molar-refractivity contribution < 1.29 is 13.2 Å². The molecule has 0 unspecified atom stereocenters. The minimum atomic E-state index is -3.50. The first-order chi connectivity index (χ1) is 9.39. The van der Waals surface area contributed by atoms with E-state index < -0.39 is 10.0 Å². The molecule has 1 aliphatic heterocycles. The number of piperidine rings is 1. The Morgan fingerprint density at radius 1 is 1.35 bits per heavy atom. The highest BCUT2D eigenvalue weighted by molar-refractivity contribution is 7.89. The van der Waals surface area contributed by atoms with Gasteiger partial charge in [0.2, 0.25) is 15.9 Å². The molecule has 2 rings (SSSR count). The second kappa shape index (κ2) is 5.80. The zero-order valence-corrected chi connectivity index (χ0v) is 12.2. The van der Waals surface area contributed by atoms with Crippen LogP contribution in [0, 0.1) is 0 Å². The summed E-state index contributed by atoms with van der Waals surface area (Å²) in [6.45, 7) is 2.28. The van der Waals surface area contributed by atoms with Crippen molar-refractivity contribution in [2.24, 2.45) is 0 Å². The van der Waals surface area contributed by atoms with Gasteiger partial charge in [0, 0.05) is 31.7 Å². The minimum absolute atomic E-state index is 0.0554. The molecule has 7 heteroatoms. The third kappa shape index (κ3) is 3.29.